The third-order valence-electron chi connectivity index (χ3n) is 2.77. The van der Waals surface area contributed by atoms with Gasteiger partial charge in [-0.2, -0.15) is 30.7 Å². The van der Waals surface area contributed by atoms with Gasteiger partial charge >= 0.3 is 18.0 Å². The molecule has 0 atom stereocenters. The first-order chi connectivity index (χ1) is 11.4. The Labute approximate surface area is 147 Å². The van der Waals surface area contributed by atoms with Gasteiger partial charge in [0, 0.05) is 10.0 Å². The second-order valence-electron chi connectivity index (χ2n) is 4.52. The van der Waals surface area contributed by atoms with E-state index in [1.54, 1.807) is 0 Å². The SMILES string of the molecule is O=C(Nc1nnc(C(F)(F)C(F)(F)C(F)(F)F)s1)c1ccc(Br)cc1. The molecule has 0 radical (unpaired) electrons. The van der Waals surface area contributed by atoms with Crippen molar-refractivity contribution in [1.29, 1.82) is 0 Å². The number of hydrogen-bond donors (Lipinski definition) is 1. The third kappa shape index (κ3) is 3.76. The first kappa shape index (κ1) is 19.6. The Bertz CT molecular complexity index is 776. The summed E-state index contributed by atoms with van der Waals surface area (Å²) in [6, 6.07) is 5.71. The molecule has 1 N–H and O–H groups in total. The van der Waals surface area contributed by atoms with Crippen molar-refractivity contribution in [3.05, 3.63) is 39.3 Å². The number of carbonyl (C=O) groups is 1. The summed E-state index contributed by atoms with van der Waals surface area (Å²) in [7, 11) is 0. The number of anilines is 1. The van der Waals surface area contributed by atoms with Gasteiger partial charge in [-0.05, 0) is 24.3 Å². The van der Waals surface area contributed by atoms with E-state index in [1.807, 2.05) is 5.32 Å². The van der Waals surface area contributed by atoms with E-state index in [-0.39, 0.29) is 16.9 Å². The van der Waals surface area contributed by atoms with Gasteiger partial charge < -0.3 is 0 Å². The molecule has 0 spiro atoms. The number of carbonyl (C=O) groups excluding carboxylic acids is 1. The van der Waals surface area contributed by atoms with Gasteiger partial charge in [0.25, 0.3) is 5.91 Å². The van der Waals surface area contributed by atoms with Crippen molar-refractivity contribution in [3.63, 3.8) is 0 Å². The van der Waals surface area contributed by atoms with Gasteiger partial charge in [-0.1, -0.05) is 27.3 Å². The number of nitrogens with one attached hydrogen (secondary N) is 1. The molecule has 2 rings (SSSR count). The third-order valence-corrected chi connectivity index (χ3v) is 4.21. The molecule has 0 saturated carbocycles. The number of benzene rings is 1. The summed E-state index contributed by atoms with van der Waals surface area (Å²) in [6.45, 7) is 0. The number of alkyl halides is 7. The van der Waals surface area contributed by atoms with Crippen LogP contribution in [0.1, 0.15) is 15.4 Å². The van der Waals surface area contributed by atoms with Crippen molar-refractivity contribution < 1.29 is 35.5 Å². The molecule has 0 aliphatic heterocycles. The Balaban J connectivity index is 2.22. The first-order valence-electron chi connectivity index (χ1n) is 6.09. The van der Waals surface area contributed by atoms with Crippen LogP contribution in [0.2, 0.25) is 0 Å². The molecule has 25 heavy (non-hydrogen) atoms. The summed E-state index contributed by atoms with van der Waals surface area (Å²) in [5, 5.41) is 5.12. The van der Waals surface area contributed by atoms with Gasteiger partial charge in [0.1, 0.15) is 0 Å². The van der Waals surface area contributed by atoms with E-state index in [9.17, 15) is 35.5 Å². The van der Waals surface area contributed by atoms with Crippen LogP contribution in [0.5, 0.6) is 0 Å². The molecular formula is C12H5BrF7N3OS. The van der Waals surface area contributed by atoms with Crippen LogP contribution < -0.4 is 5.32 Å². The lowest BCUT2D eigenvalue weighted by Gasteiger charge is -2.25. The topological polar surface area (TPSA) is 54.9 Å². The Kier molecular flexibility index (Phi) is 5.10. The predicted molar refractivity (Wildman–Crippen MR) is 76.9 cm³/mol. The van der Waals surface area contributed by atoms with E-state index in [0.29, 0.717) is 4.47 Å². The monoisotopic (exact) mass is 451 g/mol. The standard InChI is InChI=1S/C12H5BrF7N3OS/c13-6-3-1-5(2-4-6)7(24)21-9-23-22-8(25-9)10(14,15)11(16,17)12(18,19)20/h1-4H,(H,21,23,24). The molecule has 0 saturated heterocycles. The number of amides is 1. The summed E-state index contributed by atoms with van der Waals surface area (Å²) >= 11 is 2.84. The van der Waals surface area contributed by atoms with Crippen LogP contribution >= 0.6 is 27.3 Å². The summed E-state index contributed by atoms with van der Waals surface area (Å²) in [5.41, 5.74) is 0.0762. The molecule has 1 aromatic heterocycles. The quantitative estimate of drug-likeness (QED) is 0.676. The van der Waals surface area contributed by atoms with E-state index in [1.165, 1.54) is 24.3 Å². The molecule has 2 aromatic rings. The maximum Gasteiger partial charge on any atom is 0.460 e. The van der Waals surface area contributed by atoms with Crippen molar-refractivity contribution in [2.75, 3.05) is 5.32 Å². The van der Waals surface area contributed by atoms with Crippen LogP contribution in [0.3, 0.4) is 0 Å². The largest absolute Gasteiger partial charge is 0.460 e. The zero-order chi connectivity index (χ0) is 19.0. The lowest BCUT2D eigenvalue weighted by atomic mass is 10.2. The highest BCUT2D eigenvalue weighted by Crippen LogP contribution is 2.52. The molecule has 13 heteroatoms. The first-order valence-corrected chi connectivity index (χ1v) is 7.70. The van der Waals surface area contributed by atoms with Gasteiger partial charge in [0.2, 0.25) is 5.13 Å². The minimum absolute atomic E-state index is 0.0762. The predicted octanol–water partition coefficient (Wildman–Crippen LogP) is 4.84. The minimum Gasteiger partial charge on any atom is -0.296 e. The van der Waals surface area contributed by atoms with Gasteiger partial charge in [-0.25, -0.2) is 0 Å². The Hall–Kier alpha value is -1.76. The number of hydrogen-bond acceptors (Lipinski definition) is 4. The van der Waals surface area contributed by atoms with Crippen LogP contribution in [0.4, 0.5) is 35.9 Å². The van der Waals surface area contributed by atoms with Crippen LogP contribution in [-0.4, -0.2) is 28.2 Å². The molecule has 0 aliphatic rings. The second-order valence-corrected chi connectivity index (χ2v) is 6.41. The molecular weight excluding hydrogens is 447 g/mol. The van der Waals surface area contributed by atoms with E-state index in [0.717, 1.165) is 0 Å². The molecule has 0 unspecified atom stereocenters. The summed E-state index contributed by atoms with van der Waals surface area (Å²) in [6.07, 6.45) is -6.48. The highest BCUT2D eigenvalue weighted by molar-refractivity contribution is 9.10. The van der Waals surface area contributed by atoms with Crippen LogP contribution in [0.25, 0.3) is 0 Å². The molecule has 4 nitrogen and oxygen atoms in total. The maximum atomic E-state index is 13.5. The highest BCUT2D eigenvalue weighted by atomic mass is 79.9. The summed E-state index contributed by atoms with van der Waals surface area (Å²) in [4.78, 5) is 11.8. The van der Waals surface area contributed by atoms with Crippen molar-refractivity contribution in [2.24, 2.45) is 0 Å². The zero-order valence-electron chi connectivity index (χ0n) is 11.5. The zero-order valence-corrected chi connectivity index (χ0v) is 13.9. The maximum absolute atomic E-state index is 13.5. The minimum atomic E-state index is -6.48. The molecule has 136 valence electrons. The summed E-state index contributed by atoms with van der Waals surface area (Å²) in [5.74, 6) is -12.8. The van der Waals surface area contributed by atoms with E-state index < -0.39 is 34.1 Å². The summed E-state index contributed by atoms with van der Waals surface area (Å²) < 4.78 is 89.9. The fraction of sp³-hybridized carbons (Fsp3) is 0.250. The lowest BCUT2D eigenvalue weighted by molar-refractivity contribution is -0.359. The van der Waals surface area contributed by atoms with Gasteiger partial charge in [0.15, 0.2) is 5.01 Å². The average Bonchev–Trinajstić information content (AvgIpc) is 2.95. The van der Waals surface area contributed by atoms with Gasteiger partial charge in [-0.15, -0.1) is 10.2 Å². The van der Waals surface area contributed by atoms with Gasteiger partial charge in [-0.3, -0.25) is 10.1 Å². The Morgan fingerprint density at radius 2 is 1.56 bits per heavy atom. The molecule has 1 amide bonds. The van der Waals surface area contributed by atoms with Crippen molar-refractivity contribution in [1.82, 2.24) is 10.2 Å². The number of halogens is 8. The molecule has 0 aliphatic carbocycles. The second kappa shape index (κ2) is 6.52. The number of nitrogens with zero attached hydrogens (tertiary/aromatic N) is 2. The fourth-order valence-electron chi connectivity index (χ4n) is 1.48. The Morgan fingerprint density at radius 1 is 1.00 bits per heavy atom. The van der Waals surface area contributed by atoms with E-state index in [2.05, 4.69) is 26.1 Å². The van der Waals surface area contributed by atoms with Crippen molar-refractivity contribution in [3.8, 4) is 0 Å². The average molecular weight is 452 g/mol. The number of rotatable bonds is 4. The fourth-order valence-corrected chi connectivity index (χ4v) is 2.49. The van der Waals surface area contributed by atoms with E-state index >= 15 is 0 Å². The van der Waals surface area contributed by atoms with Crippen LogP contribution in [-0.2, 0) is 5.92 Å². The normalized spacial score (nSPS) is 13.0. The van der Waals surface area contributed by atoms with Crippen LogP contribution in [0.15, 0.2) is 28.7 Å². The highest BCUT2D eigenvalue weighted by Gasteiger charge is 2.75. The smallest absolute Gasteiger partial charge is 0.296 e. The number of aromatic nitrogens is 2. The Morgan fingerprint density at radius 3 is 2.08 bits per heavy atom. The van der Waals surface area contributed by atoms with Crippen molar-refractivity contribution in [2.45, 2.75) is 18.0 Å². The van der Waals surface area contributed by atoms with Crippen LogP contribution in [0, 0.1) is 0 Å². The molecule has 1 heterocycles. The lowest BCUT2D eigenvalue weighted by Crippen LogP contribution is -2.50. The van der Waals surface area contributed by atoms with Crippen molar-refractivity contribution >= 4 is 38.3 Å². The molecule has 0 fully saturated rings. The molecule has 1 aromatic carbocycles. The van der Waals surface area contributed by atoms with E-state index in [4.69, 9.17) is 0 Å². The molecule has 0 bridgehead atoms. The van der Waals surface area contributed by atoms with Gasteiger partial charge in [0.05, 0.1) is 0 Å².